The Bertz CT molecular complexity index is 2620. The summed E-state index contributed by atoms with van der Waals surface area (Å²) < 4.78 is 27.8. The number of ether oxygens (including phenoxy) is 2. The van der Waals surface area contributed by atoms with Crippen molar-refractivity contribution >= 4 is 40.5 Å². The number of anilines is 1. The lowest BCUT2D eigenvalue weighted by Crippen LogP contribution is -2.54. The van der Waals surface area contributed by atoms with Crippen LogP contribution in [-0.4, -0.2) is 96.4 Å². The van der Waals surface area contributed by atoms with Crippen molar-refractivity contribution in [1.29, 1.82) is 0 Å². The van der Waals surface area contributed by atoms with Crippen LogP contribution in [0.4, 0.5) is 10.2 Å². The summed E-state index contributed by atoms with van der Waals surface area (Å²) in [5.41, 5.74) is 11.6. The van der Waals surface area contributed by atoms with Gasteiger partial charge in [0.1, 0.15) is 29.6 Å². The molecule has 2 saturated heterocycles. The molecule has 6 heterocycles. The van der Waals surface area contributed by atoms with Crippen LogP contribution in [0.5, 0.6) is 17.2 Å². The third-order valence-electron chi connectivity index (χ3n) is 14.3. The number of benzene rings is 3. The van der Waals surface area contributed by atoms with E-state index in [-0.39, 0.29) is 36.3 Å². The van der Waals surface area contributed by atoms with Gasteiger partial charge in [-0.05, 0) is 116 Å². The number of rotatable bonds is 8. The first kappa shape index (κ1) is 38.6. The Kier molecular flexibility index (Phi) is 9.34. The standard InChI is InChI=1S/C46H46FN9O6/c1-61-36-3-2-4-37(40(36)47)62-32-11-5-24(6-12-32)41-39-42(48)49-23-50-43(39)56(52-41)31-15-25-19-53(20-26(25)16-31)29-7-9-30(10-8-29)54-21-27-17-33-34(18-28(27)22-54)46(60)55(45(33)59)35-13-14-38(57)51-44(35)58/h2-6,11-12,17-18,23,25-26,29-31,35H,7-10,13-16,19-22H2,1H3,(H2,48,49,50)(H,51,57,58). The van der Waals surface area contributed by atoms with Crippen molar-refractivity contribution in [3.8, 4) is 28.5 Å². The molecule has 3 unspecified atom stereocenters. The summed E-state index contributed by atoms with van der Waals surface area (Å²) in [6.45, 7) is 3.62. The van der Waals surface area contributed by atoms with E-state index >= 15 is 0 Å². The molecule has 2 aliphatic carbocycles. The smallest absolute Gasteiger partial charge is 0.262 e. The van der Waals surface area contributed by atoms with Crippen LogP contribution in [-0.2, 0) is 22.7 Å². The number of nitrogens with zero attached hydrogens (tertiary/aromatic N) is 7. The molecule has 4 aliphatic heterocycles. The Morgan fingerprint density at radius 2 is 1.44 bits per heavy atom. The minimum atomic E-state index is -0.960. The van der Waals surface area contributed by atoms with Crippen LogP contribution in [0.15, 0.2) is 60.9 Å². The predicted molar refractivity (Wildman–Crippen MR) is 223 cm³/mol. The van der Waals surface area contributed by atoms with Crippen LogP contribution >= 0.6 is 0 Å². The van der Waals surface area contributed by atoms with E-state index in [1.54, 1.807) is 30.3 Å². The molecule has 62 heavy (non-hydrogen) atoms. The zero-order chi connectivity index (χ0) is 42.4. The highest BCUT2D eigenvalue weighted by molar-refractivity contribution is 6.23. The number of imide groups is 2. The highest BCUT2D eigenvalue weighted by Gasteiger charge is 2.47. The second-order valence-corrected chi connectivity index (χ2v) is 17.7. The van der Waals surface area contributed by atoms with E-state index in [1.165, 1.54) is 13.4 Å². The quantitative estimate of drug-likeness (QED) is 0.185. The molecule has 16 heteroatoms. The number of methoxy groups -OCH3 is 1. The van der Waals surface area contributed by atoms with Gasteiger partial charge in [0.2, 0.25) is 17.6 Å². The fraction of sp³-hybridized carbons (Fsp3) is 0.413. The van der Waals surface area contributed by atoms with Gasteiger partial charge in [-0.15, -0.1) is 0 Å². The molecule has 318 valence electrons. The van der Waals surface area contributed by atoms with Gasteiger partial charge in [-0.25, -0.2) is 14.6 Å². The molecule has 3 N–H and O–H groups in total. The molecule has 2 aromatic heterocycles. The van der Waals surface area contributed by atoms with Gasteiger partial charge < -0.3 is 15.2 Å². The number of likely N-dealkylation sites (tertiary alicyclic amines) is 1. The maximum absolute atomic E-state index is 14.8. The number of aromatic nitrogens is 4. The molecule has 3 aromatic carbocycles. The van der Waals surface area contributed by atoms with E-state index in [0.717, 1.165) is 97.3 Å². The van der Waals surface area contributed by atoms with Crippen molar-refractivity contribution in [1.82, 2.24) is 39.8 Å². The van der Waals surface area contributed by atoms with Crippen LogP contribution < -0.4 is 20.5 Å². The number of nitrogens with one attached hydrogen (secondary N) is 1. The Hall–Kier alpha value is -6.26. The van der Waals surface area contributed by atoms with Crippen molar-refractivity contribution in [2.75, 3.05) is 25.9 Å². The first-order valence-electron chi connectivity index (χ1n) is 21.6. The van der Waals surface area contributed by atoms with E-state index in [4.69, 9.17) is 20.3 Å². The molecule has 4 amide bonds. The molecule has 2 saturated carbocycles. The molecule has 4 fully saturated rings. The summed E-state index contributed by atoms with van der Waals surface area (Å²) in [6.07, 6.45) is 8.25. The molecule has 0 radical (unpaired) electrons. The maximum atomic E-state index is 14.8. The molecule has 0 bridgehead atoms. The first-order chi connectivity index (χ1) is 30.1. The van der Waals surface area contributed by atoms with Gasteiger partial charge >= 0.3 is 0 Å². The summed E-state index contributed by atoms with van der Waals surface area (Å²) in [6, 6.07) is 16.0. The third-order valence-corrected chi connectivity index (χ3v) is 14.3. The van der Waals surface area contributed by atoms with Gasteiger partial charge in [-0.2, -0.15) is 9.49 Å². The molecule has 0 spiro atoms. The largest absolute Gasteiger partial charge is 0.494 e. The Morgan fingerprint density at radius 1 is 0.790 bits per heavy atom. The number of carbonyl (C=O) groups is 4. The van der Waals surface area contributed by atoms with Gasteiger partial charge in [0.05, 0.1) is 29.7 Å². The van der Waals surface area contributed by atoms with Crippen molar-refractivity contribution in [2.24, 2.45) is 11.8 Å². The topological polar surface area (TPSA) is 178 Å². The molecule has 6 aliphatic rings. The van der Waals surface area contributed by atoms with E-state index < -0.39 is 29.6 Å². The van der Waals surface area contributed by atoms with E-state index in [9.17, 15) is 23.6 Å². The van der Waals surface area contributed by atoms with Crippen LogP contribution in [0.3, 0.4) is 0 Å². The first-order valence-corrected chi connectivity index (χ1v) is 21.6. The van der Waals surface area contributed by atoms with E-state index in [2.05, 4.69) is 29.8 Å². The lowest BCUT2D eigenvalue weighted by molar-refractivity contribution is -0.136. The minimum absolute atomic E-state index is 0.0735. The van der Waals surface area contributed by atoms with Crippen molar-refractivity contribution in [2.45, 2.75) is 88.6 Å². The number of halogens is 1. The van der Waals surface area contributed by atoms with Gasteiger partial charge in [0.15, 0.2) is 17.1 Å². The monoisotopic (exact) mass is 839 g/mol. The van der Waals surface area contributed by atoms with Crippen LogP contribution in [0.2, 0.25) is 0 Å². The normalized spacial score (nSPS) is 26.3. The van der Waals surface area contributed by atoms with Gasteiger partial charge in [-0.3, -0.25) is 39.2 Å². The minimum Gasteiger partial charge on any atom is -0.494 e. The summed E-state index contributed by atoms with van der Waals surface area (Å²) in [5.74, 6) is -0.281. The number of carbonyl (C=O) groups excluding carboxylic acids is 4. The number of amides is 4. The van der Waals surface area contributed by atoms with Gasteiger partial charge in [0, 0.05) is 50.2 Å². The van der Waals surface area contributed by atoms with Crippen LogP contribution in [0.1, 0.15) is 89.3 Å². The number of piperidine rings is 1. The van der Waals surface area contributed by atoms with Gasteiger partial charge in [0.25, 0.3) is 11.8 Å². The van der Waals surface area contributed by atoms with Crippen molar-refractivity contribution < 1.29 is 33.0 Å². The zero-order valence-electron chi connectivity index (χ0n) is 34.3. The predicted octanol–water partition coefficient (Wildman–Crippen LogP) is 5.63. The summed E-state index contributed by atoms with van der Waals surface area (Å²) >= 11 is 0. The lowest BCUT2D eigenvalue weighted by atomic mass is 9.89. The Morgan fingerprint density at radius 3 is 2.08 bits per heavy atom. The number of nitrogen functional groups attached to an aromatic ring is 1. The fourth-order valence-electron chi connectivity index (χ4n) is 11.2. The summed E-state index contributed by atoms with van der Waals surface area (Å²) in [7, 11) is 1.42. The third kappa shape index (κ3) is 6.41. The number of hydrogen-bond donors (Lipinski definition) is 2. The maximum Gasteiger partial charge on any atom is 0.262 e. The van der Waals surface area contributed by atoms with E-state index in [0.29, 0.717) is 52.3 Å². The average molecular weight is 840 g/mol. The average Bonchev–Trinajstić information content (AvgIpc) is 4.10. The fourth-order valence-corrected chi connectivity index (χ4v) is 11.2. The second kappa shape index (κ2) is 15.0. The van der Waals surface area contributed by atoms with Gasteiger partial charge in [-0.1, -0.05) is 6.07 Å². The summed E-state index contributed by atoms with van der Waals surface area (Å²) in [4.78, 5) is 66.3. The molecule has 3 atom stereocenters. The molecule has 15 nitrogen and oxygen atoms in total. The molecular formula is C46H46FN9O6. The summed E-state index contributed by atoms with van der Waals surface area (Å²) in [5, 5.41) is 8.13. The highest BCUT2D eigenvalue weighted by atomic mass is 19.1. The Balaban J connectivity index is 0.711. The number of hydrogen-bond acceptors (Lipinski definition) is 12. The van der Waals surface area contributed by atoms with Crippen LogP contribution in [0.25, 0.3) is 22.3 Å². The van der Waals surface area contributed by atoms with E-state index in [1.807, 2.05) is 24.3 Å². The molecular weight excluding hydrogens is 794 g/mol. The lowest BCUT2D eigenvalue weighted by Gasteiger charge is -2.38. The van der Waals surface area contributed by atoms with Crippen molar-refractivity contribution in [3.63, 3.8) is 0 Å². The Labute approximate surface area is 356 Å². The number of fused-ring (bicyclic) bond motifs is 4. The molecule has 11 rings (SSSR count). The van der Waals surface area contributed by atoms with Crippen molar-refractivity contribution in [3.05, 3.63) is 89.0 Å². The SMILES string of the molecule is COc1cccc(Oc2ccc(-c3nn(C4CC5CN(C6CCC(N7Cc8cc9c(cc8C7)C(=O)N(C7CCC(=O)NC7=O)C9=O)CC6)CC5C4)c4ncnc(N)c34)cc2)c1F. The van der Waals surface area contributed by atoms with Crippen LogP contribution in [0, 0.1) is 17.7 Å². The molecule has 5 aromatic rings. The number of nitrogens with two attached hydrogens (primary N) is 1. The second-order valence-electron chi connectivity index (χ2n) is 17.7. The highest BCUT2D eigenvalue weighted by Crippen LogP contribution is 2.47. The zero-order valence-corrected chi connectivity index (χ0v) is 34.3.